The Balaban J connectivity index is 2.28. The van der Waals surface area contributed by atoms with Gasteiger partial charge in [0.25, 0.3) is 0 Å². The van der Waals surface area contributed by atoms with Gasteiger partial charge in [0, 0.05) is 26.9 Å². The van der Waals surface area contributed by atoms with Crippen molar-refractivity contribution in [2.75, 3.05) is 0 Å². The standard InChI is InChI=1S/C16H17BrClNS/c1-11(2)19-10-12-6-5-8-14(18)16(12)20-15-9-4-3-7-13(15)17/h3-9,11,19H,10H2,1-2H3. The predicted octanol–water partition coefficient (Wildman–Crippen LogP) is 5.75. The van der Waals surface area contributed by atoms with Crippen molar-refractivity contribution < 1.29 is 0 Å². The Bertz CT molecular complexity index is 586. The summed E-state index contributed by atoms with van der Waals surface area (Å²) in [4.78, 5) is 2.29. The maximum absolute atomic E-state index is 6.38. The summed E-state index contributed by atoms with van der Waals surface area (Å²) in [6.07, 6.45) is 0. The summed E-state index contributed by atoms with van der Waals surface area (Å²) >= 11 is 11.7. The van der Waals surface area contributed by atoms with E-state index in [4.69, 9.17) is 11.6 Å². The maximum Gasteiger partial charge on any atom is 0.0548 e. The van der Waals surface area contributed by atoms with Crippen LogP contribution in [-0.2, 0) is 6.54 Å². The van der Waals surface area contributed by atoms with Gasteiger partial charge in [-0.1, -0.05) is 61.5 Å². The summed E-state index contributed by atoms with van der Waals surface area (Å²) in [5, 5.41) is 4.25. The molecule has 0 aliphatic rings. The van der Waals surface area contributed by atoms with Crippen LogP contribution in [0.3, 0.4) is 0 Å². The van der Waals surface area contributed by atoms with E-state index in [1.54, 1.807) is 11.8 Å². The molecule has 0 saturated carbocycles. The Morgan fingerprint density at radius 1 is 1.15 bits per heavy atom. The minimum atomic E-state index is 0.454. The van der Waals surface area contributed by atoms with E-state index < -0.39 is 0 Å². The van der Waals surface area contributed by atoms with Gasteiger partial charge in [-0.25, -0.2) is 0 Å². The fourth-order valence-electron chi connectivity index (χ4n) is 1.76. The molecule has 0 amide bonds. The first-order valence-corrected chi connectivity index (χ1v) is 8.50. The fourth-order valence-corrected chi connectivity index (χ4v) is 3.56. The molecule has 0 spiro atoms. The molecule has 1 N–H and O–H groups in total. The third-order valence-corrected chi connectivity index (χ3v) is 5.44. The molecule has 1 nitrogen and oxygen atoms in total. The van der Waals surface area contributed by atoms with Gasteiger partial charge in [0.1, 0.15) is 0 Å². The number of hydrogen-bond donors (Lipinski definition) is 1. The van der Waals surface area contributed by atoms with Crippen LogP contribution in [0.15, 0.2) is 56.7 Å². The number of halogens is 2. The summed E-state index contributed by atoms with van der Waals surface area (Å²) in [6.45, 7) is 5.11. The molecule has 0 aliphatic carbocycles. The van der Waals surface area contributed by atoms with Crippen molar-refractivity contribution >= 4 is 39.3 Å². The van der Waals surface area contributed by atoms with Crippen molar-refractivity contribution in [1.82, 2.24) is 5.32 Å². The molecule has 0 saturated heterocycles. The van der Waals surface area contributed by atoms with Crippen LogP contribution in [0.25, 0.3) is 0 Å². The topological polar surface area (TPSA) is 12.0 Å². The van der Waals surface area contributed by atoms with Crippen molar-refractivity contribution in [2.24, 2.45) is 0 Å². The van der Waals surface area contributed by atoms with Gasteiger partial charge in [-0.2, -0.15) is 0 Å². The molecule has 0 atom stereocenters. The van der Waals surface area contributed by atoms with Crippen molar-refractivity contribution in [2.45, 2.75) is 36.2 Å². The first-order valence-electron chi connectivity index (χ1n) is 6.51. The highest BCUT2D eigenvalue weighted by Crippen LogP contribution is 2.39. The molecule has 0 heterocycles. The Morgan fingerprint density at radius 2 is 1.90 bits per heavy atom. The lowest BCUT2D eigenvalue weighted by molar-refractivity contribution is 0.585. The quantitative estimate of drug-likeness (QED) is 0.719. The fraction of sp³-hybridized carbons (Fsp3) is 0.250. The van der Waals surface area contributed by atoms with Crippen LogP contribution in [0.4, 0.5) is 0 Å². The van der Waals surface area contributed by atoms with E-state index in [0.29, 0.717) is 6.04 Å². The number of hydrogen-bond acceptors (Lipinski definition) is 2. The predicted molar refractivity (Wildman–Crippen MR) is 91.7 cm³/mol. The van der Waals surface area contributed by atoms with E-state index in [9.17, 15) is 0 Å². The van der Waals surface area contributed by atoms with E-state index in [1.165, 1.54) is 10.5 Å². The summed E-state index contributed by atoms with van der Waals surface area (Å²) in [6, 6.07) is 14.7. The molecule has 106 valence electrons. The van der Waals surface area contributed by atoms with E-state index in [1.807, 2.05) is 30.3 Å². The van der Waals surface area contributed by atoms with Crippen molar-refractivity contribution in [3.63, 3.8) is 0 Å². The zero-order valence-corrected chi connectivity index (χ0v) is 14.6. The lowest BCUT2D eigenvalue weighted by Crippen LogP contribution is -2.22. The van der Waals surface area contributed by atoms with E-state index in [2.05, 4.69) is 47.2 Å². The molecule has 0 aliphatic heterocycles. The molecule has 2 rings (SSSR count). The van der Waals surface area contributed by atoms with Gasteiger partial charge in [-0.05, 0) is 39.7 Å². The summed E-state index contributed by atoms with van der Waals surface area (Å²) in [7, 11) is 0. The van der Waals surface area contributed by atoms with Crippen LogP contribution >= 0.6 is 39.3 Å². The minimum Gasteiger partial charge on any atom is -0.310 e. The SMILES string of the molecule is CC(C)NCc1cccc(Cl)c1Sc1ccccc1Br. The molecule has 20 heavy (non-hydrogen) atoms. The van der Waals surface area contributed by atoms with Gasteiger partial charge in [0.05, 0.1) is 5.02 Å². The average Bonchev–Trinajstić information content (AvgIpc) is 2.41. The third-order valence-electron chi connectivity index (χ3n) is 2.80. The Labute approximate surface area is 138 Å². The van der Waals surface area contributed by atoms with Crippen LogP contribution in [-0.4, -0.2) is 6.04 Å². The minimum absolute atomic E-state index is 0.454. The second-order valence-corrected chi connectivity index (χ2v) is 7.11. The van der Waals surface area contributed by atoms with Crippen LogP contribution in [0.5, 0.6) is 0 Å². The first kappa shape index (κ1) is 15.9. The smallest absolute Gasteiger partial charge is 0.0548 e. The third kappa shape index (κ3) is 4.26. The molecule has 0 unspecified atom stereocenters. The highest BCUT2D eigenvalue weighted by atomic mass is 79.9. The largest absolute Gasteiger partial charge is 0.310 e. The number of nitrogens with one attached hydrogen (secondary N) is 1. The second-order valence-electron chi connectivity index (χ2n) is 4.80. The normalized spacial score (nSPS) is 11.1. The Kier molecular flexibility index (Phi) is 5.97. The van der Waals surface area contributed by atoms with Gasteiger partial charge in [-0.3, -0.25) is 0 Å². The lowest BCUT2D eigenvalue weighted by Gasteiger charge is -2.14. The second kappa shape index (κ2) is 7.51. The maximum atomic E-state index is 6.38. The van der Waals surface area contributed by atoms with Crippen molar-refractivity contribution in [1.29, 1.82) is 0 Å². The van der Waals surface area contributed by atoms with Crippen LogP contribution in [0.1, 0.15) is 19.4 Å². The molecule has 0 radical (unpaired) electrons. The van der Waals surface area contributed by atoms with E-state index in [-0.39, 0.29) is 0 Å². The molecule has 0 fully saturated rings. The van der Waals surface area contributed by atoms with Crippen LogP contribution in [0, 0.1) is 0 Å². The van der Waals surface area contributed by atoms with Gasteiger partial charge >= 0.3 is 0 Å². The zero-order chi connectivity index (χ0) is 14.5. The Morgan fingerprint density at radius 3 is 2.60 bits per heavy atom. The molecule has 4 heteroatoms. The van der Waals surface area contributed by atoms with E-state index >= 15 is 0 Å². The van der Waals surface area contributed by atoms with Crippen LogP contribution < -0.4 is 5.32 Å². The molecular formula is C16H17BrClNS. The molecule has 2 aromatic carbocycles. The summed E-state index contributed by atoms with van der Waals surface area (Å²) < 4.78 is 1.09. The molecular weight excluding hydrogens is 354 g/mol. The number of rotatable bonds is 5. The highest BCUT2D eigenvalue weighted by Gasteiger charge is 2.10. The van der Waals surface area contributed by atoms with Gasteiger partial charge < -0.3 is 5.32 Å². The molecule has 0 bridgehead atoms. The van der Waals surface area contributed by atoms with Gasteiger partial charge in [0.15, 0.2) is 0 Å². The molecule has 0 aromatic heterocycles. The average molecular weight is 371 g/mol. The number of benzene rings is 2. The van der Waals surface area contributed by atoms with Crippen LogP contribution in [0.2, 0.25) is 5.02 Å². The van der Waals surface area contributed by atoms with Crippen molar-refractivity contribution in [3.05, 3.63) is 57.5 Å². The first-order chi connectivity index (χ1) is 9.58. The van der Waals surface area contributed by atoms with Gasteiger partial charge in [0.2, 0.25) is 0 Å². The Hall–Kier alpha value is -0.480. The lowest BCUT2D eigenvalue weighted by atomic mass is 10.2. The summed E-state index contributed by atoms with van der Waals surface area (Å²) in [5.41, 5.74) is 1.23. The monoisotopic (exact) mass is 369 g/mol. The van der Waals surface area contributed by atoms with E-state index in [0.717, 1.165) is 20.9 Å². The summed E-state index contributed by atoms with van der Waals surface area (Å²) in [5.74, 6) is 0. The van der Waals surface area contributed by atoms with Gasteiger partial charge in [-0.15, -0.1) is 0 Å². The zero-order valence-electron chi connectivity index (χ0n) is 11.5. The highest BCUT2D eigenvalue weighted by molar-refractivity contribution is 9.10. The molecule has 2 aromatic rings. The van der Waals surface area contributed by atoms with Crippen molar-refractivity contribution in [3.8, 4) is 0 Å².